The molecular weight excluding hydrogens is 330 g/mol. The van der Waals surface area contributed by atoms with Gasteiger partial charge in [-0.25, -0.2) is 8.42 Å². The monoisotopic (exact) mass is 347 g/mol. The van der Waals surface area contributed by atoms with Gasteiger partial charge in [0.2, 0.25) is 0 Å². The van der Waals surface area contributed by atoms with Crippen molar-refractivity contribution in [2.45, 2.75) is 30.6 Å². The Morgan fingerprint density at radius 3 is 2.71 bits per heavy atom. The zero-order valence-electron chi connectivity index (χ0n) is 11.9. The second-order valence-corrected chi connectivity index (χ2v) is 8.64. The molecule has 1 heterocycles. The smallest absolute Gasteiger partial charge is 0.252 e. The Kier molecular flexibility index (Phi) is 5.27. The van der Waals surface area contributed by atoms with E-state index < -0.39 is 16.1 Å². The number of hydrogen-bond donors (Lipinski definition) is 1. The molecule has 1 aromatic heterocycles. The van der Waals surface area contributed by atoms with E-state index in [4.69, 9.17) is 11.6 Å². The maximum atomic E-state index is 12.7. The third-order valence-electron chi connectivity index (χ3n) is 2.99. The van der Waals surface area contributed by atoms with Gasteiger partial charge in [0.05, 0.1) is 6.10 Å². The Labute approximate surface area is 134 Å². The largest absolute Gasteiger partial charge is 0.392 e. The molecule has 1 aromatic carbocycles. The van der Waals surface area contributed by atoms with Crippen LogP contribution in [0.2, 0.25) is 5.02 Å². The van der Waals surface area contributed by atoms with Crippen LogP contribution in [0.3, 0.4) is 0 Å². The number of fused-ring (bicyclic) bond motifs is 1. The number of halogens is 1. The standard InChI is InChI=1S/C14H18ClNO3S2/c1-3-6-16(9-10(2)17)21(18,19)14-8-11-7-12(15)4-5-13(11)20-14/h4-5,7-8,10,17H,3,6,9H2,1-2H3. The summed E-state index contributed by atoms with van der Waals surface area (Å²) in [6.07, 6.45) is -0.00184. The highest BCUT2D eigenvalue weighted by Gasteiger charge is 2.26. The first-order valence-electron chi connectivity index (χ1n) is 6.72. The van der Waals surface area contributed by atoms with Crippen molar-refractivity contribution in [3.05, 3.63) is 29.3 Å². The van der Waals surface area contributed by atoms with Gasteiger partial charge < -0.3 is 5.11 Å². The molecule has 0 radical (unpaired) electrons. The van der Waals surface area contributed by atoms with E-state index in [9.17, 15) is 13.5 Å². The van der Waals surface area contributed by atoms with E-state index in [1.807, 2.05) is 13.0 Å². The molecule has 0 fully saturated rings. The van der Waals surface area contributed by atoms with Crippen molar-refractivity contribution in [1.82, 2.24) is 4.31 Å². The SMILES string of the molecule is CCCN(CC(C)O)S(=O)(=O)c1cc2cc(Cl)ccc2s1. The summed E-state index contributed by atoms with van der Waals surface area (Å²) in [5, 5.41) is 10.9. The zero-order chi connectivity index (χ0) is 15.6. The van der Waals surface area contributed by atoms with E-state index in [2.05, 4.69) is 0 Å². The minimum absolute atomic E-state index is 0.102. The van der Waals surface area contributed by atoms with Gasteiger partial charge >= 0.3 is 0 Å². The molecule has 0 spiro atoms. The summed E-state index contributed by atoms with van der Waals surface area (Å²) >= 11 is 7.16. The highest BCUT2D eigenvalue weighted by Crippen LogP contribution is 2.32. The Balaban J connectivity index is 2.43. The van der Waals surface area contributed by atoms with Crippen LogP contribution in [0.4, 0.5) is 0 Å². The molecule has 7 heteroatoms. The fraction of sp³-hybridized carbons (Fsp3) is 0.429. The van der Waals surface area contributed by atoms with Gasteiger partial charge in [0.25, 0.3) is 10.0 Å². The van der Waals surface area contributed by atoms with Crippen molar-refractivity contribution in [2.75, 3.05) is 13.1 Å². The molecule has 0 saturated carbocycles. The van der Waals surface area contributed by atoms with E-state index in [0.717, 1.165) is 10.1 Å². The fourth-order valence-corrected chi connectivity index (χ4v) is 5.42. The predicted molar refractivity (Wildman–Crippen MR) is 87.6 cm³/mol. The van der Waals surface area contributed by atoms with E-state index >= 15 is 0 Å². The quantitative estimate of drug-likeness (QED) is 0.871. The fourth-order valence-electron chi connectivity index (χ4n) is 2.10. The normalized spacial score (nSPS) is 14.0. The molecule has 2 rings (SSSR count). The van der Waals surface area contributed by atoms with E-state index in [0.29, 0.717) is 18.0 Å². The lowest BCUT2D eigenvalue weighted by molar-refractivity contribution is 0.163. The highest BCUT2D eigenvalue weighted by atomic mass is 35.5. The molecule has 0 aliphatic rings. The first-order chi connectivity index (χ1) is 9.84. The Bertz CT molecular complexity index is 725. The van der Waals surface area contributed by atoms with Crippen LogP contribution in [0.1, 0.15) is 20.3 Å². The molecule has 4 nitrogen and oxygen atoms in total. The van der Waals surface area contributed by atoms with Crippen LogP contribution < -0.4 is 0 Å². The van der Waals surface area contributed by atoms with E-state index in [1.165, 1.54) is 15.6 Å². The van der Waals surface area contributed by atoms with Crippen LogP contribution in [0.15, 0.2) is 28.5 Å². The summed E-state index contributed by atoms with van der Waals surface area (Å²) in [5.74, 6) is 0. The number of benzene rings is 1. The van der Waals surface area contributed by atoms with Crippen molar-refractivity contribution in [2.24, 2.45) is 0 Å². The van der Waals surface area contributed by atoms with Gasteiger partial charge in [-0.05, 0) is 43.0 Å². The zero-order valence-corrected chi connectivity index (χ0v) is 14.3. The molecule has 1 unspecified atom stereocenters. The second kappa shape index (κ2) is 6.62. The predicted octanol–water partition coefficient (Wildman–Crippen LogP) is 3.34. The molecule has 1 atom stereocenters. The van der Waals surface area contributed by atoms with Crippen molar-refractivity contribution in [3.63, 3.8) is 0 Å². The molecule has 0 saturated heterocycles. The number of aliphatic hydroxyl groups is 1. The minimum atomic E-state index is -3.58. The highest BCUT2D eigenvalue weighted by molar-refractivity contribution is 7.91. The Morgan fingerprint density at radius 2 is 2.10 bits per heavy atom. The van der Waals surface area contributed by atoms with Gasteiger partial charge in [0, 0.05) is 22.8 Å². The van der Waals surface area contributed by atoms with Gasteiger partial charge in [-0.1, -0.05) is 18.5 Å². The van der Waals surface area contributed by atoms with Gasteiger partial charge in [-0.15, -0.1) is 11.3 Å². The van der Waals surface area contributed by atoms with Crippen LogP contribution in [0.5, 0.6) is 0 Å². The number of hydrogen-bond acceptors (Lipinski definition) is 4. The molecule has 116 valence electrons. The lowest BCUT2D eigenvalue weighted by Crippen LogP contribution is -2.36. The average Bonchev–Trinajstić information content (AvgIpc) is 2.81. The summed E-state index contributed by atoms with van der Waals surface area (Å²) < 4.78 is 27.9. The van der Waals surface area contributed by atoms with Crippen LogP contribution in [-0.4, -0.2) is 37.0 Å². The summed E-state index contributed by atoms with van der Waals surface area (Å²) in [5.41, 5.74) is 0. The molecule has 0 bridgehead atoms. The lowest BCUT2D eigenvalue weighted by atomic mass is 10.3. The summed E-state index contributed by atoms with van der Waals surface area (Å²) in [6.45, 7) is 3.99. The van der Waals surface area contributed by atoms with Gasteiger partial charge in [-0.3, -0.25) is 0 Å². The first-order valence-corrected chi connectivity index (χ1v) is 9.35. The first kappa shape index (κ1) is 16.7. The van der Waals surface area contributed by atoms with E-state index in [-0.39, 0.29) is 10.8 Å². The van der Waals surface area contributed by atoms with Crippen LogP contribution in [-0.2, 0) is 10.0 Å². The van der Waals surface area contributed by atoms with Gasteiger partial charge in [0.1, 0.15) is 4.21 Å². The lowest BCUT2D eigenvalue weighted by Gasteiger charge is -2.21. The molecule has 0 amide bonds. The third-order valence-corrected chi connectivity index (χ3v) is 6.66. The number of rotatable bonds is 6. The molecule has 1 N–H and O–H groups in total. The minimum Gasteiger partial charge on any atom is -0.392 e. The Hall–Kier alpha value is -0.660. The number of nitrogens with zero attached hydrogens (tertiary/aromatic N) is 1. The van der Waals surface area contributed by atoms with Crippen molar-refractivity contribution >= 4 is 43.0 Å². The molecule has 0 aliphatic heterocycles. The summed E-state index contributed by atoms with van der Waals surface area (Å²) in [4.78, 5) is 0. The average molecular weight is 348 g/mol. The Morgan fingerprint density at radius 1 is 1.38 bits per heavy atom. The second-order valence-electron chi connectivity index (χ2n) is 4.96. The maximum Gasteiger partial charge on any atom is 0.252 e. The number of sulfonamides is 1. The number of aliphatic hydroxyl groups excluding tert-OH is 1. The van der Waals surface area contributed by atoms with Crippen molar-refractivity contribution in [1.29, 1.82) is 0 Å². The van der Waals surface area contributed by atoms with E-state index in [1.54, 1.807) is 25.1 Å². The van der Waals surface area contributed by atoms with Crippen molar-refractivity contribution in [3.8, 4) is 0 Å². The molecule has 0 aliphatic carbocycles. The van der Waals surface area contributed by atoms with Gasteiger partial charge in [-0.2, -0.15) is 4.31 Å². The van der Waals surface area contributed by atoms with Crippen LogP contribution >= 0.6 is 22.9 Å². The summed E-state index contributed by atoms with van der Waals surface area (Å²) in [6, 6.07) is 6.97. The summed E-state index contributed by atoms with van der Waals surface area (Å²) in [7, 11) is -3.58. The van der Waals surface area contributed by atoms with Crippen molar-refractivity contribution < 1.29 is 13.5 Å². The third kappa shape index (κ3) is 3.76. The van der Waals surface area contributed by atoms with Crippen LogP contribution in [0, 0.1) is 0 Å². The molecular formula is C14H18ClNO3S2. The van der Waals surface area contributed by atoms with Crippen LogP contribution in [0.25, 0.3) is 10.1 Å². The van der Waals surface area contributed by atoms with Gasteiger partial charge in [0.15, 0.2) is 0 Å². The molecule has 21 heavy (non-hydrogen) atoms. The molecule has 2 aromatic rings. The topological polar surface area (TPSA) is 57.6 Å². The maximum absolute atomic E-state index is 12.7. The number of thiophene rings is 1.